The van der Waals surface area contributed by atoms with Gasteiger partial charge in [-0.3, -0.25) is 9.88 Å². The molecule has 3 heteroatoms. The second-order valence-electron chi connectivity index (χ2n) is 5.16. The zero-order valence-electron chi connectivity index (χ0n) is 10.9. The van der Waals surface area contributed by atoms with Crippen molar-refractivity contribution in [2.24, 2.45) is 11.7 Å². The van der Waals surface area contributed by atoms with E-state index in [1.807, 2.05) is 12.3 Å². The smallest absolute Gasteiger partial charge is 0.0573 e. The minimum absolute atomic E-state index is 0.519. The van der Waals surface area contributed by atoms with Crippen LogP contribution in [0.1, 0.15) is 31.0 Å². The molecule has 0 bridgehead atoms. The van der Waals surface area contributed by atoms with Crippen LogP contribution < -0.4 is 5.73 Å². The molecule has 17 heavy (non-hydrogen) atoms. The molecule has 2 heterocycles. The molecule has 0 aromatic carbocycles. The highest BCUT2D eigenvalue weighted by Crippen LogP contribution is 2.24. The summed E-state index contributed by atoms with van der Waals surface area (Å²) in [5, 5.41) is 0. The molecule has 0 amide bonds. The Balaban J connectivity index is 2.09. The van der Waals surface area contributed by atoms with Crippen molar-refractivity contribution in [2.45, 2.75) is 39.3 Å². The lowest BCUT2D eigenvalue weighted by molar-refractivity contribution is 0.0976. The lowest BCUT2D eigenvalue weighted by atomic mass is 9.90. The van der Waals surface area contributed by atoms with Gasteiger partial charge < -0.3 is 5.73 Å². The molecule has 0 spiro atoms. The van der Waals surface area contributed by atoms with Gasteiger partial charge in [-0.1, -0.05) is 13.0 Å². The maximum atomic E-state index is 5.91. The summed E-state index contributed by atoms with van der Waals surface area (Å²) in [4.78, 5) is 6.99. The van der Waals surface area contributed by atoms with Gasteiger partial charge in [0.25, 0.3) is 0 Å². The summed E-state index contributed by atoms with van der Waals surface area (Å²) in [6.45, 7) is 7.30. The van der Waals surface area contributed by atoms with Gasteiger partial charge in [-0.05, 0) is 43.9 Å². The number of aryl methyl sites for hydroxylation is 1. The van der Waals surface area contributed by atoms with Crippen LogP contribution in [0.25, 0.3) is 0 Å². The molecule has 0 radical (unpaired) electrons. The maximum Gasteiger partial charge on any atom is 0.0573 e. The molecule has 3 nitrogen and oxygen atoms in total. The number of nitrogens with zero attached hydrogens (tertiary/aromatic N) is 2. The minimum Gasteiger partial charge on any atom is -0.329 e. The average molecular weight is 233 g/mol. The average Bonchev–Trinajstić information content (AvgIpc) is 2.32. The fourth-order valence-electron chi connectivity index (χ4n) is 2.79. The van der Waals surface area contributed by atoms with Crippen LogP contribution in [0, 0.1) is 12.8 Å². The Morgan fingerprint density at radius 2 is 2.35 bits per heavy atom. The van der Waals surface area contributed by atoms with Crippen molar-refractivity contribution < 1.29 is 0 Å². The molecule has 1 aromatic rings. The predicted molar refractivity (Wildman–Crippen MR) is 70.6 cm³/mol. The molecule has 2 atom stereocenters. The number of hydrogen-bond acceptors (Lipinski definition) is 3. The van der Waals surface area contributed by atoms with Gasteiger partial charge in [0.15, 0.2) is 0 Å². The van der Waals surface area contributed by atoms with Crippen molar-refractivity contribution in [1.29, 1.82) is 0 Å². The zero-order chi connectivity index (χ0) is 12.3. The molecule has 1 saturated heterocycles. The van der Waals surface area contributed by atoms with Crippen LogP contribution in [-0.4, -0.2) is 29.0 Å². The number of aromatic nitrogens is 1. The van der Waals surface area contributed by atoms with Gasteiger partial charge in [-0.15, -0.1) is 0 Å². The van der Waals surface area contributed by atoms with Crippen molar-refractivity contribution in [3.8, 4) is 0 Å². The first kappa shape index (κ1) is 12.5. The van der Waals surface area contributed by atoms with E-state index >= 15 is 0 Å². The van der Waals surface area contributed by atoms with E-state index in [0.717, 1.165) is 19.6 Å². The van der Waals surface area contributed by atoms with Crippen LogP contribution in [0.15, 0.2) is 18.3 Å². The minimum atomic E-state index is 0.519. The van der Waals surface area contributed by atoms with Crippen LogP contribution in [0.5, 0.6) is 0 Å². The van der Waals surface area contributed by atoms with E-state index in [1.54, 1.807) is 0 Å². The molecule has 94 valence electrons. The third-order valence-electron chi connectivity index (χ3n) is 3.94. The highest BCUT2D eigenvalue weighted by Gasteiger charge is 2.27. The molecule has 2 unspecified atom stereocenters. The van der Waals surface area contributed by atoms with Gasteiger partial charge in [-0.25, -0.2) is 0 Å². The van der Waals surface area contributed by atoms with Crippen molar-refractivity contribution >= 4 is 0 Å². The maximum absolute atomic E-state index is 5.91. The Morgan fingerprint density at radius 1 is 1.53 bits per heavy atom. The second kappa shape index (κ2) is 5.61. The molecule has 0 aliphatic carbocycles. The summed E-state index contributed by atoms with van der Waals surface area (Å²) in [5.41, 5.74) is 8.39. The van der Waals surface area contributed by atoms with E-state index in [9.17, 15) is 0 Å². The summed E-state index contributed by atoms with van der Waals surface area (Å²) >= 11 is 0. The van der Waals surface area contributed by atoms with Crippen LogP contribution in [0.4, 0.5) is 0 Å². The first-order valence-electron chi connectivity index (χ1n) is 6.57. The third-order valence-corrected chi connectivity index (χ3v) is 3.94. The lowest BCUT2D eigenvalue weighted by Gasteiger charge is -2.39. The molecular formula is C14H23N3. The van der Waals surface area contributed by atoms with Crippen LogP contribution in [0.3, 0.4) is 0 Å². The predicted octanol–water partition coefficient (Wildman–Crippen LogP) is 1.95. The van der Waals surface area contributed by atoms with E-state index in [2.05, 4.69) is 29.8 Å². The van der Waals surface area contributed by atoms with E-state index in [1.165, 1.54) is 24.1 Å². The normalized spacial score (nSPS) is 26.1. The quantitative estimate of drug-likeness (QED) is 0.867. The van der Waals surface area contributed by atoms with Gasteiger partial charge in [-0.2, -0.15) is 0 Å². The summed E-state index contributed by atoms with van der Waals surface area (Å²) in [7, 11) is 0. The van der Waals surface area contributed by atoms with Crippen molar-refractivity contribution in [2.75, 3.05) is 13.1 Å². The Kier molecular flexibility index (Phi) is 4.13. The molecule has 2 rings (SSSR count). The number of likely N-dealkylation sites (tertiary alicyclic amines) is 1. The topological polar surface area (TPSA) is 42.2 Å². The highest BCUT2D eigenvalue weighted by atomic mass is 15.2. The zero-order valence-corrected chi connectivity index (χ0v) is 10.9. The fraction of sp³-hybridized carbons (Fsp3) is 0.643. The second-order valence-corrected chi connectivity index (χ2v) is 5.16. The molecule has 1 aliphatic heterocycles. The number of nitrogens with two attached hydrogens (primary N) is 1. The summed E-state index contributed by atoms with van der Waals surface area (Å²) in [6.07, 6.45) is 4.47. The Bertz CT molecular complexity index is 364. The van der Waals surface area contributed by atoms with Gasteiger partial charge in [0, 0.05) is 25.3 Å². The third kappa shape index (κ3) is 2.85. The number of piperidine rings is 1. The van der Waals surface area contributed by atoms with E-state index in [4.69, 9.17) is 5.73 Å². The Labute approximate surface area is 104 Å². The first-order valence-corrected chi connectivity index (χ1v) is 6.57. The van der Waals surface area contributed by atoms with Crippen LogP contribution >= 0.6 is 0 Å². The molecule has 0 saturated carbocycles. The molecule has 2 N–H and O–H groups in total. The SMILES string of the molecule is Cc1cccnc1CN1CCCC(C)C1CN. The molecule has 1 aromatic heterocycles. The van der Waals surface area contributed by atoms with E-state index < -0.39 is 0 Å². The fourth-order valence-corrected chi connectivity index (χ4v) is 2.79. The van der Waals surface area contributed by atoms with Gasteiger partial charge in [0.2, 0.25) is 0 Å². The van der Waals surface area contributed by atoms with Crippen LogP contribution in [-0.2, 0) is 6.54 Å². The van der Waals surface area contributed by atoms with Crippen LogP contribution in [0.2, 0.25) is 0 Å². The lowest BCUT2D eigenvalue weighted by Crippen LogP contribution is -2.48. The number of pyridine rings is 1. The first-order chi connectivity index (χ1) is 8.22. The largest absolute Gasteiger partial charge is 0.329 e. The van der Waals surface area contributed by atoms with Gasteiger partial charge >= 0.3 is 0 Å². The van der Waals surface area contributed by atoms with Gasteiger partial charge in [0.1, 0.15) is 0 Å². The van der Waals surface area contributed by atoms with Crippen molar-refractivity contribution in [3.05, 3.63) is 29.6 Å². The Morgan fingerprint density at radius 3 is 3.06 bits per heavy atom. The number of rotatable bonds is 3. The van der Waals surface area contributed by atoms with E-state index in [0.29, 0.717) is 12.0 Å². The summed E-state index contributed by atoms with van der Waals surface area (Å²) in [6, 6.07) is 4.65. The molecular weight excluding hydrogens is 210 g/mol. The van der Waals surface area contributed by atoms with Gasteiger partial charge in [0.05, 0.1) is 5.69 Å². The van der Waals surface area contributed by atoms with Crippen molar-refractivity contribution in [3.63, 3.8) is 0 Å². The standard InChI is InChI=1S/C14H23N3/c1-11-5-3-7-16-13(11)10-17-8-4-6-12(2)14(17)9-15/h3,5,7,12,14H,4,6,8-10,15H2,1-2H3. The summed E-state index contributed by atoms with van der Waals surface area (Å²) < 4.78 is 0. The van der Waals surface area contributed by atoms with Crippen molar-refractivity contribution in [1.82, 2.24) is 9.88 Å². The van der Waals surface area contributed by atoms with E-state index in [-0.39, 0.29) is 0 Å². The highest BCUT2D eigenvalue weighted by molar-refractivity contribution is 5.17. The Hall–Kier alpha value is -0.930. The molecule has 1 fully saturated rings. The molecule has 1 aliphatic rings. The monoisotopic (exact) mass is 233 g/mol. The summed E-state index contributed by atoms with van der Waals surface area (Å²) in [5.74, 6) is 0.706. The number of hydrogen-bond donors (Lipinski definition) is 1.